The van der Waals surface area contributed by atoms with Crippen LogP contribution in [0.2, 0.25) is 0 Å². The maximum absolute atomic E-state index is 12.3. The minimum absolute atomic E-state index is 0.243. The smallest absolute Gasteiger partial charge is 0.331 e. The molecule has 0 fully saturated rings. The second kappa shape index (κ2) is 6.11. The van der Waals surface area contributed by atoms with E-state index in [9.17, 15) is 4.79 Å². The Morgan fingerprint density at radius 2 is 1.95 bits per heavy atom. The number of nitrogens with zero attached hydrogens (tertiary/aromatic N) is 1. The fourth-order valence-corrected chi connectivity index (χ4v) is 2.20. The van der Waals surface area contributed by atoms with Gasteiger partial charge in [-0.3, -0.25) is 4.99 Å². The lowest BCUT2D eigenvalue weighted by Crippen LogP contribution is -2.38. The average Bonchev–Trinajstić information content (AvgIpc) is 2.59. The molecule has 1 aliphatic rings. The molecule has 0 heterocycles. The zero-order valence-electron chi connectivity index (χ0n) is 14.0. The van der Waals surface area contributed by atoms with Crippen LogP contribution in [0.1, 0.15) is 61.3 Å². The third-order valence-corrected chi connectivity index (χ3v) is 3.23. The first-order valence-electron chi connectivity index (χ1n) is 7.46. The Morgan fingerprint density at radius 3 is 2.35 bits per heavy atom. The summed E-state index contributed by atoms with van der Waals surface area (Å²) >= 11 is 0. The molecular formula is C17H29NO2. The van der Waals surface area contributed by atoms with Gasteiger partial charge in [-0.15, -0.1) is 0 Å². The van der Waals surface area contributed by atoms with E-state index >= 15 is 0 Å². The van der Waals surface area contributed by atoms with Crippen LogP contribution in [-0.4, -0.2) is 23.8 Å². The van der Waals surface area contributed by atoms with Crippen LogP contribution in [0, 0.1) is 11.3 Å². The first-order valence-corrected chi connectivity index (χ1v) is 7.46. The second-order valence-electron chi connectivity index (χ2n) is 7.84. The number of carbonyl (C=O) groups is 1. The molecule has 0 aliphatic heterocycles. The van der Waals surface area contributed by atoms with Crippen molar-refractivity contribution < 1.29 is 9.53 Å². The van der Waals surface area contributed by atoms with Gasteiger partial charge in [0.2, 0.25) is 0 Å². The second-order valence-corrected chi connectivity index (χ2v) is 7.84. The van der Waals surface area contributed by atoms with Gasteiger partial charge in [0, 0.05) is 6.21 Å². The molecule has 114 valence electrons. The Balaban J connectivity index is 2.83. The molecule has 0 bridgehead atoms. The molecule has 1 rings (SSSR count). The molecular weight excluding hydrogens is 250 g/mol. The quantitative estimate of drug-likeness (QED) is 0.574. The van der Waals surface area contributed by atoms with E-state index in [-0.39, 0.29) is 11.4 Å². The van der Waals surface area contributed by atoms with Gasteiger partial charge >= 0.3 is 5.97 Å². The van der Waals surface area contributed by atoms with E-state index in [1.54, 1.807) is 0 Å². The van der Waals surface area contributed by atoms with Gasteiger partial charge in [0.1, 0.15) is 5.60 Å². The topological polar surface area (TPSA) is 38.7 Å². The van der Waals surface area contributed by atoms with Gasteiger partial charge in [0.05, 0.1) is 0 Å². The lowest BCUT2D eigenvalue weighted by molar-refractivity contribution is -0.158. The number of hydrogen-bond donors (Lipinski definition) is 0. The highest BCUT2D eigenvalue weighted by Gasteiger charge is 2.34. The highest BCUT2D eigenvalue weighted by atomic mass is 16.6. The number of esters is 1. The molecule has 0 spiro atoms. The van der Waals surface area contributed by atoms with E-state index < -0.39 is 11.6 Å². The summed E-state index contributed by atoms with van der Waals surface area (Å²) in [5.74, 6) is 0.374. The first-order chi connectivity index (χ1) is 8.99. The Bertz CT molecular complexity index is 408. The van der Waals surface area contributed by atoms with Crippen molar-refractivity contribution in [2.75, 3.05) is 0 Å². The minimum Gasteiger partial charge on any atom is -0.458 e. The number of hydrogen-bond acceptors (Lipinski definition) is 3. The normalized spacial score (nSPS) is 21.9. The largest absolute Gasteiger partial charge is 0.458 e. The maximum atomic E-state index is 12.3. The van der Waals surface area contributed by atoms with Crippen molar-refractivity contribution in [3.63, 3.8) is 0 Å². The van der Waals surface area contributed by atoms with Crippen molar-refractivity contribution >= 4 is 12.2 Å². The van der Waals surface area contributed by atoms with Crippen LogP contribution >= 0.6 is 0 Å². The van der Waals surface area contributed by atoms with Gasteiger partial charge in [0.15, 0.2) is 6.04 Å². The summed E-state index contributed by atoms with van der Waals surface area (Å²) in [4.78, 5) is 16.8. The molecule has 20 heavy (non-hydrogen) atoms. The number of ether oxygens (including phenoxy) is 1. The fourth-order valence-electron chi connectivity index (χ4n) is 2.20. The van der Waals surface area contributed by atoms with Gasteiger partial charge in [-0.25, -0.2) is 4.79 Å². The molecule has 0 N–H and O–H groups in total. The molecule has 3 heteroatoms. The van der Waals surface area contributed by atoms with Crippen LogP contribution in [-0.2, 0) is 9.53 Å². The lowest BCUT2D eigenvalue weighted by Gasteiger charge is -2.29. The molecule has 0 aromatic heterocycles. The summed E-state index contributed by atoms with van der Waals surface area (Å²) in [6.07, 6.45) is 6.32. The zero-order chi connectivity index (χ0) is 15.6. The number of allylic oxidation sites excluding steroid dienone is 2. The van der Waals surface area contributed by atoms with E-state index in [1.807, 2.05) is 47.8 Å². The molecule has 0 unspecified atom stereocenters. The predicted molar refractivity (Wildman–Crippen MR) is 84.1 cm³/mol. The molecule has 0 radical (unpaired) electrons. The Morgan fingerprint density at radius 1 is 1.35 bits per heavy atom. The third-order valence-electron chi connectivity index (χ3n) is 3.23. The van der Waals surface area contributed by atoms with E-state index in [0.717, 1.165) is 6.42 Å². The third kappa shape index (κ3) is 5.48. The van der Waals surface area contributed by atoms with Gasteiger partial charge < -0.3 is 4.74 Å². The van der Waals surface area contributed by atoms with Gasteiger partial charge in [-0.1, -0.05) is 33.8 Å². The zero-order valence-corrected chi connectivity index (χ0v) is 14.0. The van der Waals surface area contributed by atoms with Crippen LogP contribution < -0.4 is 0 Å². The SMILES string of the molecule is C[C@H]1C=C(C=N[C@@H](C(=O)OC(C)(C)C)C(C)(C)C)CC1. The first kappa shape index (κ1) is 16.9. The van der Waals surface area contributed by atoms with Crippen molar-refractivity contribution in [3.8, 4) is 0 Å². The van der Waals surface area contributed by atoms with Gasteiger partial charge in [-0.05, 0) is 50.5 Å². The van der Waals surface area contributed by atoms with Crippen molar-refractivity contribution in [3.05, 3.63) is 11.6 Å². The predicted octanol–water partition coefficient (Wildman–Crippen LogP) is 4.17. The molecule has 0 aromatic rings. The summed E-state index contributed by atoms with van der Waals surface area (Å²) < 4.78 is 5.49. The highest BCUT2D eigenvalue weighted by Crippen LogP contribution is 2.27. The monoisotopic (exact) mass is 279 g/mol. The molecule has 0 saturated carbocycles. The Hall–Kier alpha value is -1.12. The van der Waals surface area contributed by atoms with Crippen molar-refractivity contribution in [2.24, 2.45) is 16.3 Å². The highest BCUT2D eigenvalue weighted by molar-refractivity contribution is 5.84. The summed E-state index contributed by atoms with van der Waals surface area (Å²) in [6.45, 7) is 13.9. The van der Waals surface area contributed by atoms with Gasteiger partial charge in [0.25, 0.3) is 0 Å². The maximum Gasteiger partial charge on any atom is 0.331 e. The van der Waals surface area contributed by atoms with Crippen LogP contribution in [0.25, 0.3) is 0 Å². The standard InChI is InChI=1S/C17H29NO2/c1-12-8-9-13(10-12)11-18-14(16(2,3)4)15(19)20-17(5,6)7/h10-12,14H,8-9H2,1-7H3/t12-,14+/m1/s1. The van der Waals surface area contributed by atoms with Crippen molar-refractivity contribution in [1.29, 1.82) is 0 Å². The summed E-state index contributed by atoms with van der Waals surface area (Å²) in [5.41, 5.74) is 0.510. The van der Waals surface area contributed by atoms with E-state index in [4.69, 9.17) is 4.74 Å². The van der Waals surface area contributed by atoms with Crippen molar-refractivity contribution in [2.45, 2.75) is 73.0 Å². The fraction of sp³-hybridized carbons (Fsp3) is 0.765. The van der Waals surface area contributed by atoms with E-state index in [1.165, 1.54) is 12.0 Å². The number of aliphatic imine (C=N–C) groups is 1. The molecule has 2 atom stereocenters. The van der Waals surface area contributed by atoms with Crippen LogP contribution in [0.4, 0.5) is 0 Å². The molecule has 0 amide bonds. The molecule has 0 aromatic carbocycles. The summed E-state index contributed by atoms with van der Waals surface area (Å²) in [7, 11) is 0. The average molecular weight is 279 g/mol. The lowest BCUT2D eigenvalue weighted by atomic mass is 9.87. The van der Waals surface area contributed by atoms with Crippen molar-refractivity contribution in [1.82, 2.24) is 0 Å². The molecule has 3 nitrogen and oxygen atoms in total. The Kier molecular flexibility index (Phi) is 5.17. The number of rotatable bonds is 3. The molecule has 0 saturated heterocycles. The van der Waals surface area contributed by atoms with E-state index in [0.29, 0.717) is 5.92 Å². The van der Waals surface area contributed by atoms with Crippen LogP contribution in [0.3, 0.4) is 0 Å². The summed E-state index contributed by atoms with van der Waals surface area (Å²) in [6, 6.07) is -0.460. The van der Waals surface area contributed by atoms with E-state index in [2.05, 4.69) is 18.0 Å². The summed E-state index contributed by atoms with van der Waals surface area (Å²) in [5, 5.41) is 0. The minimum atomic E-state index is -0.475. The van der Waals surface area contributed by atoms with Crippen LogP contribution in [0.5, 0.6) is 0 Å². The van der Waals surface area contributed by atoms with Crippen LogP contribution in [0.15, 0.2) is 16.6 Å². The molecule has 1 aliphatic carbocycles. The Labute approximate surface area is 123 Å². The number of carbonyl (C=O) groups excluding carboxylic acids is 1. The van der Waals surface area contributed by atoms with Gasteiger partial charge in [-0.2, -0.15) is 0 Å².